The smallest absolute Gasteiger partial charge is 0.308 e. The van der Waals surface area contributed by atoms with Crippen LogP contribution in [0.5, 0.6) is 0 Å². The summed E-state index contributed by atoms with van der Waals surface area (Å²) in [6, 6.07) is 0. The Morgan fingerprint density at radius 3 is 3.17 bits per heavy atom. The van der Waals surface area contributed by atoms with Gasteiger partial charge in [0, 0.05) is 13.1 Å². The molecule has 94 valence electrons. The van der Waals surface area contributed by atoms with Gasteiger partial charge >= 0.3 is 5.97 Å². The topological polar surface area (TPSA) is 108 Å². The Bertz CT molecular complexity index is 583. The molecule has 18 heavy (non-hydrogen) atoms. The third-order valence-corrected chi connectivity index (χ3v) is 3.17. The lowest BCUT2D eigenvalue weighted by molar-refractivity contribution is -0.141. The van der Waals surface area contributed by atoms with Crippen molar-refractivity contribution < 1.29 is 9.90 Å². The third kappa shape index (κ3) is 1.75. The number of carbonyl (C=O) groups is 1. The number of aromatic amines is 1. The third-order valence-electron chi connectivity index (χ3n) is 3.17. The number of piperidine rings is 1. The van der Waals surface area contributed by atoms with Gasteiger partial charge in [0.1, 0.15) is 6.33 Å². The molecule has 8 heteroatoms. The molecule has 0 radical (unpaired) electrons. The summed E-state index contributed by atoms with van der Waals surface area (Å²) in [7, 11) is 0. The minimum absolute atomic E-state index is 0.351. The van der Waals surface area contributed by atoms with Crippen LogP contribution in [0.3, 0.4) is 0 Å². The highest BCUT2D eigenvalue weighted by atomic mass is 16.4. The molecule has 3 rings (SSSR count). The molecule has 0 saturated carbocycles. The molecule has 3 heterocycles. The monoisotopic (exact) mass is 248 g/mol. The summed E-state index contributed by atoms with van der Waals surface area (Å²) in [5.74, 6) is -0.458. The lowest BCUT2D eigenvalue weighted by atomic mass is 9.98. The first-order chi connectivity index (χ1) is 8.75. The van der Waals surface area contributed by atoms with Gasteiger partial charge in [0.15, 0.2) is 11.3 Å². The zero-order valence-electron chi connectivity index (χ0n) is 9.57. The average Bonchev–Trinajstić information content (AvgIpc) is 2.87. The van der Waals surface area contributed by atoms with Crippen molar-refractivity contribution in [3.05, 3.63) is 6.33 Å². The summed E-state index contributed by atoms with van der Waals surface area (Å²) in [6.07, 6.45) is 2.96. The second-order valence-corrected chi connectivity index (χ2v) is 4.32. The zero-order valence-corrected chi connectivity index (χ0v) is 9.57. The van der Waals surface area contributed by atoms with E-state index in [1.807, 2.05) is 4.90 Å². The molecule has 0 unspecified atom stereocenters. The van der Waals surface area contributed by atoms with Crippen molar-refractivity contribution in [2.45, 2.75) is 12.8 Å². The molecule has 2 N–H and O–H groups in total. The summed E-state index contributed by atoms with van der Waals surface area (Å²) >= 11 is 0. The minimum Gasteiger partial charge on any atom is -0.481 e. The van der Waals surface area contributed by atoms with E-state index in [1.54, 1.807) is 0 Å². The summed E-state index contributed by atoms with van der Waals surface area (Å²) in [6.45, 7) is 1.23. The van der Waals surface area contributed by atoms with Gasteiger partial charge in [-0.15, -0.1) is 5.10 Å². The van der Waals surface area contributed by atoms with Gasteiger partial charge in [-0.1, -0.05) is 0 Å². The average molecular weight is 248 g/mol. The molecule has 2 aromatic heterocycles. The zero-order chi connectivity index (χ0) is 12.5. The first kappa shape index (κ1) is 10.9. The number of hydrogen-bond acceptors (Lipinski definition) is 6. The molecule has 1 fully saturated rings. The molecule has 2 aromatic rings. The van der Waals surface area contributed by atoms with E-state index in [2.05, 4.69) is 25.4 Å². The number of aliphatic carboxylic acids is 1. The Balaban J connectivity index is 1.94. The number of rotatable bonds is 2. The van der Waals surface area contributed by atoms with Crippen LogP contribution in [0.4, 0.5) is 5.82 Å². The highest BCUT2D eigenvalue weighted by Crippen LogP contribution is 2.25. The second kappa shape index (κ2) is 4.21. The fraction of sp³-hybridized carbons (Fsp3) is 0.500. The largest absolute Gasteiger partial charge is 0.481 e. The number of hydrogen-bond donors (Lipinski definition) is 2. The van der Waals surface area contributed by atoms with E-state index >= 15 is 0 Å². The van der Waals surface area contributed by atoms with E-state index in [1.165, 1.54) is 6.33 Å². The Kier molecular flexibility index (Phi) is 2.54. The van der Waals surface area contributed by atoms with E-state index in [0.29, 0.717) is 29.9 Å². The number of carboxylic acids is 1. The van der Waals surface area contributed by atoms with Crippen molar-refractivity contribution in [1.29, 1.82) is 0 Å². The van der Waals surface area contributed by atoms with Gasteiger partial charge in [-0.25, -0.2) is 9.97 Å². The Morgan fingerprint density at radius 1 is 1.44 bits per heavy atom. The Morgan fingerprint density at radius 2 is 2.33 bits per heavy atom. The number of aromatic nitrogens is 5. The summed E-state index contributed by atoms with van der Waals surface area (Å²) < 4.78 is 0. The van der Waals surface area contributed by atoms with Gasteiger partial charge in [-0.2, -0.15) is 10.3 Å². The Hall–Kier alpha value is -2.25. The first-order valence-electron chi connectivity index (χ1n) is 5.75. The molecular weight excluding hydrogens is 236 g/mol. The molecular formula is C10H12N6O2. The number of fused-ring (bicyclic) bond motifs is 1. The van der Waals surface area contributed by atoms with Crippen molar-refractivity contribution in [2.75, 3.05) is 18.0 Å². The van der Waals surface area contributed by atoms with E-state index in [0.717, 1.165) is 13.0 Å². The number of H-pyrrole nitrogens is 1. The van der Waals surface area contributed by atoms with E-state index in [9.17, 15) is 4.79 Å². The van der Waals surface area contributed by atoms with E-state index < -0.39 is 5.97 Å². The van der Waals surface area contributed by atoms with Crippen LogP contribution in [0.1, 0.15) is 12.8 Å². The quantitative estimate of drug-likeness (QED) is 0.772. The van der Waals surface area contributed by atoms with Crippen LogP contribution in [0.15, 0.2) is 6.33 Å². The van der Waals surface area contributed by atoms with Gasteiger partial charge in [0.2, 0.25) is 5.65 Å². The van der Waals surface area contributed by atoms with Crippen LogP contribution in [0.2, 0.25) is 0 Å². The maximum Gasteiger partial charge on any atom is 0.308 e. The SMILES string of the molecule is O=C(O)[C@H]1CCCN(c2ncnc3n[nH]nc23)C1. The van der Waals surface area contributed by atoms with Gasteiger partial charge in [-0.05, 0) is 12.8 Å². The van der Waals surface area contributed by atoms with Crippen LogP contribution < -0.4 is 4.90 Å². The molecule has 1 aliphatic rings. The van der Waals surface area contributed by atoms with Crippen LogP contribution in [0.25, 0.3) is 11.2 Å². The van der Waals surface area contributed by atoms with Gasteiger partial charge in [0.25, 0.3) is 0 Å². The van der Waals surface area contributed by atoms with Crippen molar-refractivity contribution in [1.82, 2.24) is 25.4 Å². The molecule has 8 nitrogen and oxygen atoms in total. The van der Waals surface area contributed by atoms with Gasteiger partial charge in [-0.3, -0.25) is 4.79 Å². The molecule has 0 aliphatic carbocycles. The number of carboxylic acid groups (broad SMARTS) is 1. The summed E-state index contributed by atoms with van der Waals surface area (Å²) in [5.41, 5.74) is 1.08. The lowest BCUT2D eigenvalue weighted by Crippen LogP contribution is -2.39. The number of anilines is 1. The summed E-state index contributed by atoms with van der Waals surface area (Å²) in [4.78, 5) is 21.2. The van der Waals surface area contributed by atoms with Gasteiger partial charge < -0.3 is 10.0 Å². The summed E-state index contributed by atoms with van der Waals surface area (Å²) in [5, 5.41) is 19.5. The predicted octanol–water partition coefficient (Wildman–Crippen LogP) is 0.0489. The molecule has 0 bridgehead atoms. The molecule has 0 spiro atoms. The maximum absolute atomic E-state index is 11.1. The molecule has 1 saturated heterocycles. The number of nitrogens with zero attached hydrogens (tertiary/aromatic N) is 5. The van der Waals surface area contributed by atoms with E-state index in [4.69, 9.17) is 5.11 Å². The lowest BCUT2D eigenvalue weighted by Gasteiger charge is -2.31. The van der Waals surface area contributed by atoms with Crippen LogP contribution >= 0.6 is 0 Å². The van der Waals surface area contributed by atoms with Gasteiger partial charge in [0.05, 0.1) is 5.92 Å². The normalized spacial score (nSPS) is 20.2. The second-order valence-electron chi connectivity index (χ2n) is 4.32. The fourth-order valence-electron chi connectivity index (χ4n) is 2.27. The molecule has 1 aliphatic heterocycles. The van der Waals surface area contributed by atoms with Crippen LogP contribution in [-0.4, -0.2) is 49.5 Å². The molecule has 0 aromatic carbocycles. The van der Waals surface area contributed by atoms with Crippen LogP contribution in [0, 0.1) is 5.92 Å². The molecule has 0 amide bonds. The Labute approximate surface area is 102 Å². The number of nitrogens with one attached hydrogen (secondary N) is 1. The highest BCUT2D eigenvalue weighted by Gasteiger charge is 2.27. The van der Waals surface area contributed by atoms with Crippen molar-refractivity contribution in [3.8, 4) is 0 Å². The van der Waals surface area contributed by atoms with Crippen molar-refractivity contribution in [3.63, 3.8) is 0 Å². The van der Waals surface area contributed by atoms with Crippen LogP contribution in [-0.2, 0) is 4.79 Å². The highest BCUT2D eigenvalue weighted by molar-refractivity contribution is 5.82. The maximum atomic E-state index is 11.1. The fourth-order valence-corrected chi connectivity index (χ4v) is 2.27. The van der Waals surface area contributed by atoms with Crippen molar-refractivity contribution >= 4 is 23.0 Å². The first-order valence-corrected chi connectivity index (χ1v) is 5.75. The standard InChI is InChI=1S/C10H12N6O2/c17-10(18)6-2-1-3-16(4-6)9-7-8(11-5-12-9)14-15-13-7/h5-6H,1-4H2,(H,17,18)(H,11,12,13,14,15)/t6-/m0/s1. The minimum atomic E-state index is -0.759. The van der Waals surface area contributed by atoms with Crippen molar-refractivity contribution in [2.24, 2.45) is 5.92 Å². The van der Waals surface area contributed by atoms with E-state index in [-0.39, 0.29) is 5.92 Å². The molecule has 1 atom stereocenters. The predicted molar refractivity (Wildman–Crippen MR) is 62.1 cm³/mol.